The Labute approximate surface area is 131 Å². The van der Waals surface area contributed by atoms with E-state index >= 15 is 0 Å². The van der Waals surface area contributed by atoms with Crippen LogP contribution in [0.4, 0.5) is 0 Å². The minimum Gasteiger partial charge on any atom is -0.408 e. The van der Waals surface area contributed by atoms with E-state index in [1.165, 1.54) is 4.57 Å². The van der Waals surface area contributed by atoms with Gasteiger partial charge in [0.2, 0.25) is 0 Å². The van der Waals surface area contributed by atoms with Gasteiger partial charge in [-0.2, -0.15) is 0 Å². The smallest absolute Gasteiger partial charge is 0.408 e. The van der Waals surface area contributed by atoms with Gasteiger partial charge in [-0.1, -0.05) is 36.4 Å². The molecule has 114 valence electrons. The van der Waals surface area contributed by atoms with E-state index in [4.69, 9.17) is 4.42 Å². The zero-order valence-corrected chi connectivity index (χ0v) is 12.5. The van der Waals surface area contributed by atoms with Crippen LogP contribution in [0.3, 0.4) is 0 Å². The first-order valence-corrected chi connectivity index (χ1v) is 7.22. The summed E-state index contributed by atoms with van der Waals surface area (Å²) in [7, 11) is 1.70. The third-order valence-electron chi connectivity index (χ3n) is 3.98. The average Bonchev–Trinajstić information content (AvgIpc) is 3.18. The molecule has 6 heteroatoms. The molecule has 4 rings (SSSR count). The van der Waals surface area contributed by atoms with Crippen LogP contribution in [0.5, 0.6) is 0 Å². The Bertz CT molecular complexity index is 1000. The first kappa shape index (κ1) is 13.5. The summed E-state index contributed by atoms with van der Waals surface area (Å²) in [6, 6.07) is 15.8. The molecule has 2 aromatic carbocycles. The van der Waals surface area contributed by atoms with E-state index in [0.717, 1.165) is 16.6 Å². The monoisotopic (exact) mass is 306 g/mol. The number of hydrogen-bond donors (Lipinski definition) is 0. The predicted octanol–water partition coefficient (Wildman–Crippen LogP) is 2.36. The Hall–Kier alpha value is -3.15. The molecule has 0 bridgehead atoms. The second kappa shape index (κ2) is 5.24. The summed E-state index contributed by atoms with van der Waals surface area (Å²) in [5.74, 6) is -0.363. The van der Waals surface area contributed by atoms with Gasteiger partial charge in [-0.15, -0.1) is 10.2 Å². The van der Waals surface area contributed by atoms with Crippen LogP contribution in [0.15, 0.2) is 70.4 Å². The lowest BCUT2D eigenvalue weighted by Gasteiger charge is -2.18. The molecule has 0 saturated heterocycles. The summed E-state index contributed by atoms with van der Waals surface area (Å²) < 4.78 is 8.73. The molecular formula is C17H14N4O2. The number of nitrogens with zero attached hydrogens (tertiary/aromatic N) is 4. The van der Waals surface area contributed by atoms with Gasteiger partial charge in [0.1, 0.15) is 12.7 Å². The van der Waals surface area contributed by atoms with Gasteiger partial charge >= 0.3 is 5.76 Å². The van der Waals surface area contributed by atoms with Gasteiger partial charge in [0.25, 0.3) is 0 Å². The summed E-state index contributed by atoms with van der Waals surface area (Å²) in [5.41, 5.74) is 3.45. The van der Waals surface area contributed by atoms with Gasteiger partial charge in [0.15, 0.2) is 5.58 Å². The SMILES string of the molecule is Cn1c(=O)oc2cc(C(c3ccccc3)n3cnnc3)ccc21. The van der Waals surface area contributed by atoms with Crippen LogP contribution >= 0.6 is 0 Å². The largest absolute Gasteiger partial charge is 0.419 e. The topological polar surface area (TPSA) is 65.8 Å². The summed E-state index contributed by atoms with van der Waals surface area (Å²) >= 11 is 0. The zero-order valence-electron chi connectivity index (χ0n) is 12.5. The van der Waals surface area contributed by atoms with Crippen molar-refractivity contribution < 1.29 is 4.42 Å². The highest BCUT2D eigenvalue weighted by molar-refractivity contribution is 5.74. The van der Waals surface area contributed by atoms with Crippen LogP contribution < -0.4 is 5.76 Å². The molecular weight excluding hydrogens is 292 g/mol. The summed E-state index contributed by atoms with van der Waals surface area (Å²) in [6.07, 6.45) is 3.37. The quantitative estimate of drug-likeness (QED) is 0.583. The van der Waals surface area contributed by atoms with E-state index < -0.39 is 0 Å². The molecule has 1 unspecified atom stereocenters. The van der Waals surface area contributed by atoms with Crippen LogP contribution in [0.1, 0.15) is 17.2 Å². The van der Waals surface area contributed by atoms with Crippen LogP contribution in [-0.2, 0) is 7.05 Å². The molecule has 23 heavy (non-hydrogen) atoms. The highest BCUT2D eigenvalue weighted by atomic mass is 16.4. The molecule has 0 fully saturated rings. The summed E-state index contributed by atoms with van der Waals surface area (Å²) in [6.45, 7) is 0. The normalized spacial score (nSPS) is 12.6. The van der Waals surface area contributed by atoms with Gasteiger partial charge in [-0.05, 0) is 23.3 Å². The van der Waals surface area contributed by atoms with Crippen LogP contribution in [-0.4, -0.2) is 19.3 Å². The number of benzene rings is 2. The Morgan fingerprint density at radius 2 is 1.74 bits per heavy atom. The fourth-order valence-corrected chi connectivity index (χ4v) is 2.83. The van der Waals surface area contributed by atoms with E-state index in [1.807, 2.05) is 41.0 Å². The summed E-state index contributed by atoms with van der Waals surface area (Å²) in [5, 5.41) is 7.82. The Morgan fingerprint density at radius 3 is 2.48 bits per heavy atom. The van der Waals surface area contributed by atoms with Crippen LogP contribution in [0.25, 0.3) is 11.1 Å². The van der Waals surface area contributed by atoms with E-state index in [9.17, 15) is 4.79 Å². The molecule has 6 nitrogen and oxygen atoms in total. The molecule has 0 aliphatic rings. The van der Waals surface area contributed by atoms with Gasteiger partial charge in [0, 0.05) is 7.05 Å². The molecule has 0 amide bonds. The summed E-state index contributed by atoms with van der Waals surface area (Å²) in [4.78, 5) is 11.7. The Morgan fingerprint density at radius 1 is 1.00 bits per heavy atom. The first-order chi connectivity index (χ1) is 11.2. The van der Waals surface area contributed by atoms with Crippen LogP contribution in [0, 0.1) is 0 Å². The van der Waals surface area contributed by atoms with Crippen molar-refractivity contribution in [1.82, 2.24) is 19.3 Å². The van der Waals surface area contributed by atoms with Crippen molar-refractivity contribution in [1.29, 1.82) is 0 Å². The fourth-order valence-electron chi connectivity index (χ4n) is 2.83. The lowest BCUT2D eigenvalue weighted by molar-refractivity contribution is 0.527. The number of oxazole rings is 1. The average molecular weight is 306 g/mol. The second-order valence-electron chi connectivity index (χ2n) is 5.38. The maximum Gasteiger partial charge on any atom is 0.419 e. The van der Waals surface area contributed by atoms with Crippen LogP contribution in [0.2, 0.25) is 0 Å². The highest BCUT2D eigenvalue weighted by Gasteiger charge is 2.18. The van der Waals surface area contributed by atoms with E-state index in [0.29, 0.717) is 5.58 Å². The predicted molar refractivity (Wildman–Crippen MR) is 85.2 cm³/mol. The zero-order chi connectivity index (χ0) is 15.8. The van der Waals surface area contributed by atoms with Crippen molar-refractivity contribution in [3.63, 3.8) is 0 Å². The maximum atomic E-state index is 11.7. The van der Waals surface area contributed by atoms with E-state index in [2.05, 4.69) is 22.3 Å². The number of fused-ring (bicyclic) bond motifs is 1. The molecule has 0 saturated carbocycles. The number of aromatic nitrogens is 4. The Kier molecular flexibility index (Phi) is 3.08. The highest BCUT2D eigenvalue weighted by Crippen LogP contribution is 2.28. The Balaban J connectivity index is 1.91. The molecule has 4 aromatic rings. The van der Waals surface area contributed by atoms with Crippen molar-refractivity contribution >= 4 is 11.1 Å². The molecule has 0 aliphatic heterocycles. The number of aryl methyl sites for hydroxylation is 1. The molecule has 0 radical (unpaired) electrons. The number of rotatable bonds is 3. The molecule has 2 heterocycles. The van der Waals surface area contributed by atoms with E-state index in [-0.39, 0.29) is 11.8 Å². The van der Waals surface area contributed by atoms with Gasteiger partial charge in [-0.3, -0.25) is 4.57 Å². The minimum atomic E-state index is -0.363. The lowest BCUT2D eigenvalue weighted by Crippen LogP contribution is -2.10. The number of hydrogen-bond acceptors (Lipinski definition) is 4. The van der Waals surface area contributed by atoms with Crippen molar-refractivity contribution in [3.05, 3.63) is 82.9 Å². The maximum absolute atomic E-state index is 11.7. The van der Waals surface area contributed by atoms with Crippen molar-refractivity contribution in [2.24, 2.45) is 7.05 Å². The third kappa shape index (κ3) is 2.24. The second-order valence-corrected chi connectivity index (χ2v) is 5.38. The van der Waals surface area contributed by atoms with Gasteiger partial charge < -0.3 is 8.98 Å². The van der Waals surface area contributed by atoms with Crippen molar-refractivity contribution in [2.45, 2.75) is 6.04 Å². The molecule has 1 atom stereocenters. The lowest BCUT2D eigenvalue weighted by atomic mass is 9.98. The van der Waals surface area contributed by atoms with Crippen molar-refractivity contribution in [3.8, 4) is 0 Å². The first-order valence-electron chi connectivity index (χ1n) is 7.22. The molecule has 0 spiro atoms. The van der Waals surface area contributed by atoms with Gasteiger partial charge in [-0.25, -0.2) is 4.79 Å². The van der Waals surface area contributed by atoms with Gasteiger partial charge in [0.05, 0.1) is 11.6 Å². The third-order valence-corrected chi connectivity index (χ3v) is 3.98. The molecule has 2 aromatic heterocycles. The molecule has 0 aliphatic carbocycles. The van der Waals surface area contributed by atoms with Crippen molar-refractivity contribution in [2.75, 3.05) is 0 Å². The van der Waals surface area contributed by atoms with E-state index in [1.54, 1.807) is 19.7 Å². The standard InChI is InChI=1S/C17H14N4O2/c1-20-14-8-7-13(9-15(14)23-17(20)22)16(21-10-18-19-11-21)12-5-3-2-4-6-12/h2-11,16H,1H3. The minimum absolute atomic E-state index is 0.0823. The molecule has 0 N–H and O–H groups in total. The fraction of sp³-hybridized carbons (Fsp3) is 0.118.